The zero-order chi connectivity index (χ0) is 10.2. The van der Waals surface area contributed by atoms with Crippen LogP contribution in [0.3, 0.4) is 0 Å². The fraction of sp³-hybridized carbons (Fsp3) is 0.417. The van der Waals surface area contributed by atoms with Crippen molar-refractivity contribution in [2.45, 2.75) is 19.3 Å². The summed E-state index contributed by atoms with van der Waals surface area (Å²) in [6.07, 6.45) is 12.9. The van der Waals surface area contributed by atoms with Crippen LogP contribution in [0.4, 0.5) is 0 Å². The topological polar surface area (TPSA) is 26.3 Å². The first kappa shape index (κ1) is 10.8. The Morgan fingerprint density at radius 3 is 2.71 bits per heavy atom. The first-order valence-corrected chi connectivity index (χ1v) is 4.97. The van der Waals surface area contributed by atoms with E-state index in [2.05, 4.69) is 30.9 Å². The van der Waals surface area contributed by atoms with E-state index in [0.717, 1.165) is 19.3 Å². The number of carbonyl (C=O) groups is 1. The van der Waals surface area contributed by atoms with Gasteiger partial charge in [-0.25, -0.2) is 4.79 Å². The van der Waals surface area contributed by atoms with Crippen molar-refractivity contribution in [3.8, 4) is 0 Å². The summed E-state index contributed by atoms with van der Waals surface area (Å²) in [4.78, 5) is 10.7. The maximum atomic E-state index is 10.7. The molecule has 1 aliphatic rings. The summed E-state index contributed by atoms with van der Waals surface area (Å²) in [5.74, 6) is 0.260. The van der Waals surface area contributed by atoms with E-state index in [9.17, 15) is 4.79 Å². The first-order chi connectivity index (χ1) is 6.83. The molecule has 0 heterocycles. The van der Waals surface area contributed by atoms with Gasteiger partial charge in [0.15, 0.2) is 0 Å². The Balaban J connectivity index is 1.94. The fourth-order valence-electron chi connectivity index (χ4n) is 1.38. The van der Waals surface area contributed by atoms with Gasteiger partial charge in [-0.05, 0) is 25.2 Å². The Kier molecular flexibility index (Phi) is 4.76. The molecule has 2 heteroatoms. The Hall–Kier alpha value is -1.31. The number of carbonyl (C=O) groups excluding carboxylic acids is 1. The third-order valence-corrected chi connectivity index (χ3v) is 2.17. The molecule has 0 radical (unpaired) electrons. The van der Waals surface area contributed by atoms with E-state index in [0.29, 0.717) is 12.5 Å². The van der Waals surface area contributed by atoms with E-state index in [-0.39, 0.29) is 5.97 Å². The van der Waals surface area contributed by atoms with E-state index in [1.165, 1.54) is 6.08 Å². The van der Waals surface area contributed by atoms with Crippen molar-refractivity contribution < 1.29 is 9.53 Å². The van der Waals surface area contributed by atoms with Crippen molar-refractivity contribution >= 4 is 5.97 Å². The highest BCUT2D eigenvalue weighted by atomic mass is 16.5. The van der Waals surface area contributed by atoms with Crippen molar-refractivity contribution in [2.75, 3.05) is 6.61 Å². The van der Waals surface area contributed by atoms with Gasteiger partial charge in [0.2, 0.25) is 0 Å². The zero-order valence-corrected chi connectivity index (χ0v) is 8.32. The van der Waals surface area contributed by atoms with Crippen molar-refractivity contribution in [3.05, 3.63) is 37.0 Å². The predicted molar refractivity (Wildman–Crippen MR) is 56.8 cm³/mol. The molecule has 76 valence electrons. The van der Waals surface area contributed by atoms with Gasteiger partial charge in [-0.2, -0.15) is 0 Å². The average molecular weight is 192 g/mol. The number of allylic oxidation sites excluding steroid dienone is 4. The van der Waals surface area contributed by atoms with Crippen LogP contribution >= 0.6 is 0 Å². The van der Waals surface area contributed by atoms with Gasteiger partial charge < -0.3 is 4.74 Å². The lowest BCUT2D eigenvalue weighted by Gasteiger charge is -2.04. The smallest absolute Gasteiger partial charge is 0.330 e. The second kappa shape index (κ2) is 6.19. The van der Waals surface area contributed by atoms with E-state index in [1.807, 2.05) is 0 Å². The molecule has 0 bridgehead atoms. The van der Waals surface area contributed by atoms with Gasteiger partial charge in [0.05, 0.1) is 6.61 Å². The summed E-state index contributed by atoms with van der Waals surface area (Å²) in [5, 5.41) is 0. The molecule has 0 amide bonds. The summed E-state index contributed by atoms with van der Waals surface area (Å²) in [7, 11) is 0. The van der Waals surface area contributed by atoms with Gasteiger partial charge >= 0.3 is 5.97 Å². The number of hydrogen-bond acceptors (Lipinski definition) is 2. The fourth-order valence-corrected chi connectivity index (χ4v) is 1.38. The number of esters is 1. The Bertz CT molecular complexity index is 239. The van der Waals surface area contributed by atoms with Gasteiger partial charge in [-0.1, -0.05) is 30.9 Å². The maximum Gasteiger partial charge on any atom is 0.330 e. The van der Waals surface area contributed by atoms with Gasteiger partial charge in [0, 0.05) is 6.08 Å². The molecule has 0 saturated heterocycles. The van der Waals surface area contributed by atoms with Crippen LogP contribution in [0, 0.1) is 5.92 Å². The molecular formula is C12H16O2. The number of ether oxygens (including phenoxy) is 1. The van der Waals surface area contributed by atoms with Crippen LogP contribution in [0.2, 0.25) is 0 Å². The average Bonchev–Trinajstić information content (AvgIpc) is 2.69. The quantitative estimate of drug-likeness (QED) is 0.367. The monoisotopic (exact) mass is 192 g/mol. The van der Waals surface area contributed by atoms with E-state index >= 15 is 0 Å². The van der Waals surface area contributed by atoms with Crippen LogP contribution in [0.15, 0.2) is 37.0 Å². The molecule has 14 heavy (non-hydrogen) atoms. The highest BCUT2D eigenvalue weighted by Gasteiger charge is 2.03. The summed E-state index contributed by atoms with van der Waals surface area (Å²) >= 11 is 0. The van der Waals surface area contributed by atoms with Gasteiger partial charge in [0.25, 0.3) is 0 Å². The lowest BCUT2D eigenvalue weighted by Crippen LogP contribution is -2.02. The third-order valence-electron chi connectivity index (χ3n) is 2.17. The van der Waals surface area contributed by atoms with Gasteiger partial charge in [0.1, 0.15) is 0 Å². The molecule has 0 saturated carbocycles. The summed E-state index contributed by atoms with van der Waals surface area (Å²) in [6, 6.07) is 0. The SMILES string of the molecule is C=CC(=O)OCCCCC1C=CC=C1. The van der Waals surface area contributed by atoms with Crippen LogP contribution in [0.25, 0.3) is 0 Å². The minimum atomic E-state index is -0.328. The van der Waals surface area contributed by atoms with Crippen molar-refractivity contribution in [3.63, 3.8) is 0 Å². The maximum absolute atomic E-state index is 10.7. The Morgan fingerprint density at radius 1 is 1.36 bits per heavy atom. The van der Waals surface area contributed by atoms with Crippen LogP contribution in [-0.4, -0.2) is 12.6 Å². The number of unbranched alkanes of at least 4 members (excludes halogenated alkanes) is 1. The number of rotatable bonds is 6. The molecule has 2 nitrogen and oxygen atoms in total. The van der Waals surface area contributed by atoms with Crippen molar-refractivity contribution in [1.82, 2.24) is 0 Å². The molecule has 1 aliphatic carbocycles. The zero-order valence-electron chi connectivity index (χ0n) is 8.32. The molecular weight excluding hydrogens is 176 g/mol. The predicted octanol–water partition coefficient (Wildman–Crippen LogP) is 2.63. The summed E-state index contributed by atoms with van der Waals surface area (Å²) < 4.78 is 4.86. The molecule has 0 aromatic carbocycles. The highest BCUT2D eigenvalue weighted by molar-refractivity contribution is 5.81. The van der Waals surface area contributed by atoms with Crippen molar-refractivity contribution in [2.24, 2.45) is 5.92 Å². The van der Waals surface area contributed by atoms with Gasteiger partial charge in [-0.15, -0.1) is 0 Å². The minimum absolute atomic E-state index is 0.328. The molecule has 0 aromatic heterocycles. The van der Waals surface area contributed by atoms with E-state index in [4.69, 9.17) is 4.74 Å². The minimum Gasteiger partial charge on any atom is -0.463 e. The lowest BCUT2D eigenvalue weighted by atomic mass is 10.0. The lowest BCUT2D eigenvalue weighted by molar-refractivity contribution is -0.137. The van der Waals surface area contributed by atoms with Crippen LogP contribution in [0.5, 0.6) is 0 Å². The van der Waals surface area contributed by atoms with Crippen LogP contribution < -0.4 is 0 Å². The summed E-state index contributed by atoms with van der Waals surface area (Å²) in [6.45, 7) is 3.83. The van der Waals surface area contributed by atoms with Gasteiger partial charge in [-0.3, -0.25) is 0 Å². The second-order valence-electron chi connectivity index (χ2n) is 3.30. The molecule has 0 unspecified atom stereocenters. The van der Waals surface area contributed by atoms with E-state index < -0.39 is 0 Å². The normalized spacial score (nSPS) is 14.6. The molecule has 0 spiro atoms. The molecule has 0 fully saturated rings. The molecule has 0 aromatic rings. The number of hydrogen-bond donors (Lipinski definition) is 0. The first-order valence-electron chi connectivity index (χ1n) is 4.97. The largest absolute Gasteiger partial charge is 0.463 e. The molecule has 1 rings (SSSR count). The summed E-state index contributed by atoms with van der Waals surface area (Å²) in [5.41, 5.74) is 0. The van der Waals surface area contributed by atoms with Crippen LogP contribution in [0.1, 0.15) is 19.3 Å². The van der Waals surface area contributed by atoms with Crippen molar-refractivity contribution in [1.29, 1.82) is 0 Å². The standard InChI is InChI=1S/C12H16O2/c1-2-12(13)14-10-6-5-9-11-7-3-4-8-11/h2-4,7-8,11H,1,5-6,9-10H2. The molecule has 0 N–H and O–H groups in total. The third kappa shape index (κ3) is 4.08. The molecule has 0 atom stereocenters. The highest BCUT2D eigenvalue weighted by Crippen LogP contribution is 2.16. The van der Waals surface area contributed by atoms with E-state index in [1.54, 1.807) is 0 Å². The molecule has 0 aliphatic heterocycles. The van der Waals surface area contributed by atoms with Crippen LogP contribution in [-0.2, 0) is 9.53 Å². The Morgan fingerprint density at radius 2 is 2.07 bits per heavy atom. The second-order valence-corrected chi connectivity index (χ2v) is 3.30. The Labute approximate surface area is 85.0 Å².